The topological polar surface area (TPSA) is 132 Å². The molecule has 12 heavy (non-hydrogen) atoms. The molecule has 0 aliphatic heterocycles. The van der Waals surface area contributed by atoms with Crippen molar-refractivity contribution in [2.45, 2.75) is 0 Å². The van der Waals surface area contributed by atoms with Crippen LogP contribution >= 0.6 is 0 Å². The maximum Gasteiger partial charge on any atom is 2.00 e. The summed E-state index contributed by atoms with van der Waals surface area (Å²) in [6.45, 7) is 0. The molecule has 0 radical (unpaired) electrons. The second kappa shape index (κ2) is 29.7. The Morgan fingerprint density at radius 2 is 0.750 bits per heavy atom. The van der Waals surface area contributed by atoms with Gasteiger partial charge in [-0.15, -0.1) is 0 Å². The van der Waals surface area contributed by atoms with Crippen molar-refractivity contribution in [3.63, 3.8) is 0 Å². The largest absolute Gasteiger partial charge is 2.00 e. The van der Waals surface area contributed by atoms with Gasteiger partial charge < -0.3 is 55.5 Å². The zero-order valence-electron chi connectivity index (χ0n) is 5.51. The minimum absolute atomic E-state index is 0. The van der Waals surface area contributed by atoms with E-state index < -0.39 is 10.2 Å². The Morgan fingerprint density at radius 1 is 0.750 bits per heavy atom. The predicted molar refractivity (Wildman–Crippen MR) is 26.5 cm³/mol. The first kappa shape index (κ1) is 38.4. The van der Waals surface area contributed by atoms with Crippen LogP contribution < -0.4 is 24.8 Å². The zero-order valence-corrected chi connectivity index (χ0v) is 12.2. The quantitative estimate of drug-likeness (QED) is 0.248. The Morgan fingerprint density at radius 3 is 0.750 bits per heavy atom. The van der Waals surface area contributed by atoms with E-state index in [9.17, 15) is 0 Å². The van der Waals surface area contributed by atoms with Crippen LogP contribution in [0.3, 0.4) is 0 Å². The van der Waals surface area contributed by atoms with E-state index in [1.54, 1.807) is 0 Å². The van der Waals surface area contributed by atoms with E-state index in [0.717, 1.165) is 0 Å². The Balaban J connectivity index is -0.0000000112. The molecule has 0 aromatic heterocycles. The third-order valence-electron chi connectivity index (χ3n) is 0. The maximum atomic E-state index is 8.25. The first-order chi connectivity index (χ1) is 3.46. The summed E-state index contributed by atoms with van der Waals surface area (Å²) in [4.78, 5) is 16.5. The van der Waals surface area contributed by atoms with Crippen LogP contribution in [0.4, 0.5) is 0 Å². The molecule has 0 saturated carbocycles. The van der Waals surface area contributed by atoms with Crippen LogP contribution in [0, 0.1) is 30.6 Å². The first-order valence-corrected chi connectivity index (χ1v) is 1.10. The summed E-state index contributed by atoms with van der Waals surface area (Å²) in [5.41, 5.74) is 0. The normalized spacial score (nSPS) is 4.00. The van der Waals surface area contributed by atoms with Crippen molar-refractivity contribution in [2.75, 3.05) is 0 Å². The standard InChI is InChI=1S/Ca.2ClH.2NO3.Zn/c;;;2*2-1(3)4;/h;2*1H;;;/q+2;;;2*-1;+2/p-2. The minimum Gasteiger partial charge on any atom is -1.00 e. The van der Waals surface area contributed by atoms with Crippen LogP contribution in [0.1, 0.15) is 0 Å². The molecule has 0 spiro atoms. The third-order valence-corrected chi connectivity index (χ3v) is 0. The van der Waals surface area contributed by atoms with E-state index in [1.165, 1.54) is 0 Å². The van der Waals surface area contributed by atoms with Gasteiger partial charge in [0.2, 0.25) is 0 Å². The predicted octanol–water partition coefficient (Wildman–Crippen LogP) is -6.85. The molecule has 0 fully saturated rings. The second-order valence-electron chi connectivity index (χ2n) is 0.447. The first-order valence-electron chi connectivity index (χ1n) is 1.10. The molecule has 0 N–H and O–H groups in total. The molecule has 0 aromatic carbocycles. The molecule has 0 rings (SSSR count). The van der Waals surface area contributed by atoms with Gasteiger partial charge in [-0.3, -0.25) is 0 Å². The summed E-state index contributed by atoms with van der Waals surface area (Å²) in [6, 6.07) is 0. The van der Waals surface area contributed by atoms with Gasteiger partial charge in [0.1, 0.15) is 0 Å². The molecular formula is CaCl2N2O6Zn. The van der Waals surface area contributed by atoms with Crippen LogP contribution in [0.15, 0.2) is 0 Å². The van der Waals surface area contributed by atoms with Gasteiger partial charge in [-0.1, -0.05) is 0 Å². The van der Waals surface area contributed by atoms with Crippen molar-refractivity contribution in [3.05, 3.63) is 30.6 Å². The molecule has 0 saturated heterocycles. The van der Waals surface area contributed by atoms with Gasteiger partial charge >= 0.3 is 57.2 Å². The molecule has 0 heterocycles. The van der Waals surface area contributed by atoms with Gasteiger partial charge in [-0.2, -0.15) is 0 Å². The Labute approximate surface area is 121 Å². The Kier molecular flexibility index (Phi) is 95.2. The van der Waals surface area contributed by atoms with Crippen LogP contribution in [0.25, 0.3) is 0 Å². The molecule has 0 aliphatic carbocycles. The average Bonchev–Trinajstić information content (AvgIpc) is 1.25. The number of halogens is 2. The Bertz CT molecular complexity index is 81.5. The Hall–Kier alpha value is 0.863. The van der Waals surface area contributed by atoms with E-state index in [0.29, 0.717) is 0 Å². The molecule has 0 atom stereocenters. The van der Waals surface area contributed by atoms with Crippen LogP contribution in [0.2, 0.25) is 0 Å². The summed E-state index contributed by atoms with van der Waals surface area (Å²) in [5, 5.41) is 29.5. The summed E-state index contributed by atoms with van der Waals surface area (Å²) < 4.78 is 0. The van der Waals surface area contributed by atoms with Crippen LogP contribution in [-0.2, 0) is 19.5 Å². The van der Waals surface area contributed by atoms with Crippen molar-refractivity contribution < 1.29 is 54.5 Å². The smallest absolute Gasteiger partial charge is 1.00 e. The van der Waals surface area contributed by atoms with E-state index in [1.807, 2.05) is 0 Å². The summed E-state index contributed by atoms with van der Waals surface area (Å²) >= 11 is 0. The van der Waals surface area contributed by atoms with Gasteiger partial charge in [0.05, 0.1) is 10.2 Å². The summed E-state index contributed by atoms with van der Waals surface area (Å²) in [6.07, 6.45) is 0. The fraction of sp³-hybridized carbons (Fsp3) is 0. The summed E-state index contributed by atoms with van der Waals surface area (Å²) in [7, 11) is 0. The molecule has 0 amide bonds. The number of nitrogens with zero attached hydrogens (tertiary/aromatic N) is 2. The monoisotopic (exact) mass is 298 g/mol. The molecule has 8 nitrogen and oxygen atoms in total. The maximum absolute atomic E-state index is 8.25. The van der Waals surface area contributed by atoms with Crippen molar-refractivity contribution in [2.24, 2.45) is 0 Å². The number of hydrogen-bond donors (Lipinski definition) is 0. The average molecular weight is 300 g/mol. The minimum atomic E-state index is -1.75. The zero-order chi connectivity index (χ0) is 7.15. The van der Waals surface area contributed by atoms with Crippen molar-refractivity contribution >= 4 is 37.7 Å². The van der Waals surface area contributed by atoms with Crippen molar-refractivity contribution in [1.29, 1.82) is 0 Å². The fourth-order valence-corrected chi connectivity index (χ4v) is 0. The SMILES string of the molecule is O=[N+]([O-])[O-].O=[N+]([O-])[O-].[Ca+2].[Cl-].[Cl-].[Zn+2]. The molecule has 12 heteroatoms. The molecule has 0 aliphatic rings. The van der Waals surface area contributed by atoms with Gasteiger partial charge in [0.15, 0.2) is 0 Å². The van der Waals surface area contributed by atoms with Gasteiger partial charge in [0, 0.05) is 0 Å². The van der Waals surface area contributed by atoms with E-state index in [2.05, 4.69) is 0 Å². The van der Waals surface area contributed by atoms with Gasteiger partial charge in [-0.05, 0) is 0 Å². The molecular weight excluding hydrogens is 300 g/mol. The number of rotatable bonds is 0. The second-order valence-corrected chi connectivity index (χ2v) is 0.447. The molecule has 64 valence electrons. The van der Waals surface area contributed by atoms with E-state index in [4.69, 9.17) is 30.6 Å². The molecule has 0 unspecified atom stereocenters. The van der Waals surface area contributed by atoms with Gasteiger partial charge in [0.25, 0.3) is 0 Å². The van der Waals surface area contributed by atoms with Crippen molar-refractivity contribution in [1.82, 2.24) is 0 Å². The number of hydrogen-bond acceptors (Lipinski definition) is 6. The van der Waals surface area contributed by atoms with E-state index >= 15 is 0 Å². The fourth-order valence-electron chi connectivity index (χ4n) is 0. The van der Waals surface area contributed by atoms with Crippen LogP contribution in [-0.4, -0.2) is 47.9 Å². The third kappa shape index (κ3) is 1420. The van der Waals surface area contributed by atoms with Crippen molar-refractivity contribution in [3.8, 4) is 0 Å². The van der Waals surface area contributed by atoms with Gasteiger partial charge in [-0.25, -0.2) is 0 Å². The molecule has 0 aromatic rings. The van der Waals surface area contributed by atoms with Crippen LogP contribution in [0.5, 0.6) is 0 Å². The molecule has 0 bridgehead atoms. The van der Waals surface area contributed by atoms with E-state index in [-0.39, 0.29) is 82.0 Å². The summed E-state index contributed by atoms with van der Waals surface area (Å²) in [5.74, 6) is 0.